The maximum atomic E-state index is 11.6. The largest absolute Gasteiger partial charge is 0.472 e. The molecule has 0 radical (unpaired) electrons. The first kappa shape index (κ1) is 21.0. The topological polar surface area (TPSA) is 134 Å². The van der Waals surface area contributed by atoms with Gasteiger partial charge in [0.25, 0.3) is 0 Å². The second kappa shape index (κ2) is 11.6. The zero-order valence-corrected chi connectivity index (χ0v) is 13.8. The highest BCUT2D eigenvalue weighted by atomic mass is 31.2. The molecular formula is C12H24NO8P. The Labute approximate surface area is 129 Å². The first-order valence-electron chi connectivity index (χ1n) is 6.95. The molecule has 10 heteroatoms. The van der Waals surface area contributed by atoms with Crippen molar-refractivity contribution < 1.29 is 37.6 Å². The van der Waals surface area contributed by atoms with Crippen LogP contribution in [0.3, 0.4) is 0 Å². The molecule has 9 nitrogen and oxygen atoms in total. The Morgan fingerprint density at radius 3 is 2.50 bits per heavy atom. The van der Waals surface area contributed by atoms with Gasteiger partial charge in [0.15, 0.2) is 6.10 Å². The SMILES string of the molecule is CCCCC(=O)O[C@H](COC(C)=O)COP(=O)(O)OCCN. The van der Waals surface area contributed by atoms with E-state index in [1.807, 2.05) is 6.92 Å². The number of carbonyl (C=O) groups is 2. The lowest BCUT2D eigenvalue weighted by atomic mass is 10.2. The number of hydrogen-bond acceptors (Lipinski definition) is 8. The quantitative estimate of drug-likeness (QED) is 0.389. The molecule has 0 aliphatic rings. The van der Waals surface area contributed by atoms with E-state index < -0.39 is 32.5 Å². The van der Waals surface area contributed by atoms with Crippen molar-refractivity contribution in [1.82, 2.24) is 0 Å². The first-order valence-corrected chi connectivity index (χ1v) is 8.45. The number of ether oxygens (including phenoxy) is 2. The number of nitrogens with two attached hydrogens (primary N) is 1. The van der Waals surface area contributed by atoms with E-state index in [-0.39, 0.29) is 26.2 Å². The van der Waals surface area contributed by atoms with E-state index in [1.165, 1.54) is 6.92 Å². The molecule has 0 aliphatic heterocycles. The van der Waals surface area contributed by atoms with E-state index >= 15 is 0 Å². The average molecular weight is 341 g/mol. The first-order chi connectivity index (χ1) is 10.3. The lowest BCUT2D eigenvalue weighted by Crippen LogP contribution is -2.29. The molecule has 0 saturated heterocycles. The monoisotopic (exact) mass is 341 g/mol. The fourth-order valence-electron chi connectivity index (χ4n) is 1.28. The zero-order valence-electron chi connectivity index (χ0n) is 12.9. The molecule has 3 N–H and O–H groups in total. The molecule has 0 aromatic rings. The van der Waals surface area contributed by atoms with Gasteiger partial charge in [0.05, 0.1) is 13.2 Å². The van der Waals surface area contributed by atoms with Crippen LogP contribution in [0.5, 0.6) is 0 Å². The summed E-state index contributed by atoms with van der Waals surface area (Å²) in [5, 5.41) is 0. The smallest absolute Gasteiger partial charge is 0.462 e. The summed E-state index contributed by atoms with van der Waals surface area (Å²) in [4.78, 5) is 31.7. The van der Waals surface area contributed by atoms with Crippen LogP contribution in [0.15, 0.2) is 0 Å². The van der Waals surface area contributed by atoms with Gasteiger partial charge in [-0.2, -0.15) is 0 Å². The van der Waals surface area contributed by atoms with E-state index in [1.54, 1.807) is 0 Å². The molecular weight excluding hydrogens is 317 g/mol. The molecule has 130 valence electrons. The third-order valence-corrected chi connectivity index (χ3v) is 3.29. The summed E-state index contributed by atoms with van der Waals surface area (Å²) in [6, 6.07) is 0. The van der Waals surface area contributed by atoms with Crippen molar-refractivity contribution in [3.8, 4) is 0 Å². The van der Waals surface area contributed by atoms with E-state index in [0.29, 0.717) is 6.42 Å². The van der Waals surface area contributed by atoms with Gasteiger partial charge in [-0.05, 0) is 6.42 Å². The fourth-order valence-corrected chi connectivity index (χ4v) is 2.04. The van der Waals surface area contributed by atoms with Crippen molar-refractivity contribution in [2.45, 2.75) is 39.2 Å². The van der Waals surface area contributed by atoms with Crippen molar-refractivity contribution in [1.29, 1.82) is 0 Å². The van der Waals surface area contributed by atoms with Crippen LogP contribution in [0, 0.1) is 0 Å². The molecule has 0 aromatic carbocycles. The Morgan fingerprint density at radius 2 is 1.95 bits per heavy atom. The second-order valence-corrected chi connectivity index (χ2v) is 5.86. The molecule has 22 heavy (non-hydrogen) atoms. The molecule has 0 spiro atoms. The normalized spacial score (nSPS) is 14.9. The minimum absolute atomic E-state index is 0.0524. The molecule has 0 aliphatic carbocycles. The van der Waals surface area contributed by atoms with Crippen LogP contribution < -0.4 is 5.73 Å². The van der Waals surface area contributed by atoms with Gasteiger partial charge < -0.3 is 20.1 Å². The van der Waals surface area contributed by atoms with E-state index in [9.17, 15) is 19.0 Å². The molecule has 0 aromatic heterocycles. The third kappa shape index (κ3) is 11.6. The maximum Gasteiger partial charge on any atom is 0.472 e. The summed E-state index contributed by atoms with van der Waals surface area (Å²) in [5.41, 5.74) is 5.15. The number of hydrogen-bond donors (Lipinski definition) is 2. The van der Waals surface area contributed by atoms with Gasteiger partial charge in [-0.3, -0.25) is 18.6 Å². The van der Waals surface area contributed by atoms with Gasteiger partial charge in [0, 0.05) is 19.9 Å². The van der Waals surface area contributed by atoms with Gasteiger partial charge >= 0.3 is 19.8 Å². The predicted octanol–water partition coefficient (Wildman–Crippen LogP) is 0.744. The summed E-state index contributed by atoms with van der Waals surface area (Å²) in [7, 11) is -4.29. The third-order valence-electron chi connectivity index (χ3n) is 2.30. The Bertz CT molecular complexity index is 389. The van der Waals surface area contributed by atoms with E-state index in [4.69, 9.17) is 19.7 Å². The Balaban J connectivity index is 4.42. The zero-order chi connectivity index (χ0) is 17.0. The van der Waals surface area contributed by atoms with Gasteiger partial charge in [0.1, 0.15) is 6.61 Å². The highest BCUT2D eigenvalue weighted by Crippen LogP contribution is 2.42. The molecule has 0 fully saturated rings. The Hall–Kier alpha value is -0.990. The minimum Gasteiger partial charge on any atom is -0.462 e. The predicted molar refractivity (Wildman–Crippen MR) is 76.8 cm³/mol. The number of rotatable bonds is 12. The molecule has 0 rings (SSSR count). The number of esters is 2. The van der Waals surface area contributed by atoms with Gasteiger partial charge in [0.2, 0.25) is 0 Å². The summed E-state index contributed by atoms with van der Waals surface area (Å²) in [6.45, 7) is 2.30. The van der Waals surface area contributed by atoms with Gasteiger partial charge in [-0.15, -0.1) is 0 Å². The van der Waals surface area contributed by atoms with Gasteiger partial charge in [-0.25, -0.2) is 4.57 Å². The van der Waals surface area contributed by atoms with Crippen molar-refractivity contribution in [3.63, 3.8) is 0 Å². The second-order valence-electron chi connectivity index (χ2n) is 4.40. The molecule has 2 atom stereocenters. The van der Waals surface area contributed by atoms with Crippen molar-refractivity contribution in [2.75, 3.05) is 26.4 Å². The average Bonchev–Trinajstić information content (AvgIpc) is 2.45. The maximum absolute atomic E-state index is 11.6. The van der Waals surface area contributed by atoms with E-state index in [2.05, 4.69) is 4.52 Å². The Morgan fingerprint density at radius 1 is 1.27 bits per heavy atom. The van der Waals surface area contributed by atoms with Crippen molar-refractivity contribution in [3.05, 3.63) is 0 Å². The van der Waals surface area contributed by atoms with E-state index in [0.717, 1.165) is 6.42 Å². The van der Waals surface area contributed by atoms with Gasteiger partial charge in [-0.1, -0.05) is 13.3 Å². The van der Waals surface area contributed by atoms with Crippen molar-refractivity contribution >= 4 is 19.8 Å². The number of phosphoric ester groups is 1. The van der Waals surface area contributed by atoms with Crippen LogP contribution in [0.2, 0.25) is 0 Å². The lowest BCUT2D eigenvalue weighted by molar-refractivity contribution is -0.160. The van der Waals surface area contributed by atoms with Crippen LogP contribution >= 0.6 is 7.82 Å². The summed E-state index contributed by atoms with van der Waals surface area (Å²) >= 11 is 0. The molecule has 0 heterocycles. The van der Waals surface area contributed by atoms with Crippen LogP contribution in [0.25, 0.3) is 0 Å². The molecule has 1 unspecified atom stereocenters. The van der Waals surface area contributed by atoms with Crippen LogP contribution in [0.4, 0.5) is 0 Å². The lowest BCUT2D eigenvalue weighted by Gasteiger charge is -2.19. The molecule has 0 bridgehead atoms. The minimum atomic E-state index is -4.29. The summed E-state index contributed by atoms with van der Waals surface area (Å²) in [6.07, 6.45) is 0.681. The summed E-state index contributed by atoms with van der Waals surface area (Å²) < 4.78 is 30.5. The number of unbranched alkanes of at least 4 members (excludes halogenated alkanes) is 1. The van der Waals surface area contributed by atoms with Crippen LogP contribution in [-0.2, 0) is 32.7 Å². The number of phosphoric acid groups is 1. The Kier molecular flexibility index (Phi) is 11.0. The molecule has 0 amide bonds. The van der Waals surface area contributed by atoms with Crippen molar-refractivity contribution in [2.24, 2.45) is 5.73 Å². The highest BCUT2D eigenvalue weighted by molar-refractivity contribution is 7.47. The molecule has 0 saturated carbocycles. The van der Waals surface area contributed by atoms with Crippen LogP contribution in [-0.4, -0.2) is 49.3 Å². The highest BCUT2D eigenvalue weighted by Gasteiger charge is 2.25. The number of carbonyl (C=O) groups excluding carboxylic acids is 2. The standard InChI is InChI=1S/C12H24NO8P/c1-3-4-5-12(15)21-11(8-18-10(2)14)9-20-22(16,17)19-7-6-13/h11H,3-9,13H2,1-2H3,(H,16,17)/t11-/m1/s1. The fraction of sp³-hybridized carbons (Fsp3) is 0.833. The summed E-state index contributed by atoms with van der Waals surface area (Å²) in [5.74, 6) is -1.07. The van der Waals surface area contributed by atoms with Crippen LogP contribution in [0.1, 0.15) is 33.1 Å².